The second-order valence-electron chi connectivity index (χ2n) is 5.47. The van der Waals surface area contributed by atoms with Crippen molar-refractivity contribution in [2.24, 2.45) is 0 Å². The Kier molecular flexibility index (Phi) is 4.92. The highest BCUT2D eigenvalue weighted by atomic mass is 14.9. The molecule has 0 saturated carbocycles. The number of hydrogen-bond acceptors (Lipinski definition) is 2. The first-order valence-electron chi connectivity index (χ1n) is 7.31. The van der Waals surface area contributed by atoms with E-state index >= 15 is 0 Å². The summed E-state index contributed by atoms with van der Waals surface area (Å²) in [4.78, 5) is 4.41. The van der Waals surface area contributed by atoms with E-state index in [4.69, 9.17) is 0 Å². The number of nitrogens with zero attached hydrogens (tertiary/aromatic N) is 1. The van der Waals surface area contributed by atoms with Crippen molar-refractivity contribution < 1.29 is 0 Å². The maximum atomic E-state index is 4.41. The third-order valence-corrected chi connectivity index (χ3v) is 3.46. The van der Waals surface area contributed by atoms with Gasteiger partial charge < -0.3 is 5.32 Å². The van der Waals surface area contributed by atoms with Crippen molar-refractivity contribution in [3.63, 3.8) is 0 Å². The van der Waals surface area contributed by atoms with Crippen LogP contribution in [-0.4, -0.2) is 11.0 Å². The molecular weight excluding hydrogens is 232 g/mol. The molecule has 1 atom stereocenters. The number of nitrogens with one attached hydrogen (secondary N) is 1. The zero-order chi connectivity index (χ0) is 13.7. The average Bonchev–Trinajstić information content (AvgIpc) is 2.42. The molecule has 102 valence electrons. The Bertz CT molecular complexity index is 514. The Morgan fingerprint density at radius 1 is 1.16 bits per heavy atom. The molecule has 0 aliphatic heterocycles. The van der Waals surface area contributed by atoms with Gasteiger partial charge in [0.15, 0.2) is 0 Å². The average molecular weight is 256 g/mol. The summed E-state index contributed by atoms with van der Waals surface area (Å²) >= 11 is 0. The van der Waals surface area contributed by atoms with Crippen molar-refractivity contribution in [3.8, 4) is 0 Å². The number of fused-ring (bicyclic) bond motifs is 1. The zero-order valence-electron chi connectivity index (χ0n) is 12.2. The Morgan fingerprint density at radius 3 is 2.68 bits per heavy atom. The quantitative estimate of drug-likeness (QED) is 0.825. The Labute approximate surface area is 116 Å². The second-order valence-corrected chi connectivity index (χ2v) is 5.47. The van der Waals surface area contributed by atoms with Crippen LogP contribution in [0.4, 0.5) is 0 Å². The van der Waals surface area contributed by atoms with Crippen LogP contribution in [0.2, 0.25) is 0 Å². The minimum atomic E-state index is 0.401. The summed E-state index contributed by atoms with van der Waals surface area (Å²) in [6.07, 6.45) is 7.62. The molecule has 0 amide bonds. The third kappa shape index (κ3) is 3.54. The van der Waals surface area contributed by atoms with Gasteiger partial charge in [0, 0.05) is 29.9 Å². The third-order valence-electron chi connectivity index (χ3n) is 3.46. The van der Waals surface area contributed by atoms with Crippen LogP contribution in [-0.2, 0) is 0 Å². The molecule has 0 saturated heterocycles. The summed E-state index contributed by atoms with van der Waals surface area (Å²) in [6.45, 7) is 6.66. The van der Waals surface area contributed by atoms with Crippen molar-refractivity contribution in [2.45, 2.75) is 52.1 Å². The van der Waals surface area contributed by atoms with E-state index in [1.807, 2.05) is 12.4 Å². The van der Waals surface area contributed by atoms with Gasteiger partial charge in [-0.1, -0.05) is 57.9 Å². The fourth-order valence-corrected chi connectivity index (χ4v) is 2.56. The maximum Gasteiger partial charge on any atom is 0.0346 e. The lowest BCUT2D eigenvalue weighted by molar-refractivity contribution is 0.441. The molecule has 2 nitrogen and oxygen atoms in total. The van der Waals surface area contributed by atoms with Crippen LogP contribution < -0.4 is 5.32 Å². The number of unbranched alkanes of at least 4 members (excludes halogenated alkanes) is 1. The minimum Gasteiger partial charge on any atom is -0.308 e. The SMILES string of the molecule is CCCCC(NC(C)C)c1cncc2ccccc12. The van der Waals surface area contributed by atoms with E-state index in [1.54, 1.807) is 0 Å². The van der Waals surface area contributed by atoms with Crippen molar-refractivity contribution in [3.05, 3.63) is 42.2 Å². The van der Waals surface area contributed by atoms with E-state index in [-0.39, 0.29) is 0 Å². The van der Waals surface area contributed by atoms with Crippen LogP contribution in [0.25, 0.3) is 10.8 Å². The van der Waals surface area contributed by atoms with Gasteiger partial charge in [0.05, 0.1) is 0 Å². The molecule has 0 fully saturated rings. The van der Waals surface area contributed by atoms with Crippen LogP contribution in [0.3, 0.4) is 0 Å². The van der Waals surface area contributed by atoms with Gasteiger partial charge in [-0.25, -0.2) is 0 Å². The number of aromatic nitrogens is 1. The van der Waals surface area contributed by atoms with Gasteiger partial charge in [0.2, 0.25) is 0 Å². The van der Waals surface area contributed by atoms with Crippen molar-refractivity contribution >= 4 is 10.8 Å². The van der Waals surface area contributed by atoms with Crippen molar-refractivity contribution in [1.29, 1.82) is 0 Å². The topological polar surface area (TPSA) is 24.9 Å². The molecule has 0 spiro atoms. The Morgan fingerprint density at radius 2 is 1.95 bits per heavy atom. The molecule has 2 heteroatoms. The molecule has 1 heterocycles. The van der Waals surface area contributed by atoms with E-state index in [9.17, 15) is 0 Å². The standard InChI is InChI=1S/C17H24N2/c1-4-5-10-17(19-13(2)3)16-12-18-11-14-8-6-7-9-15(14)16/h6-9,11-13,17,19H,4-5,10H2,1-3H3. The minimum absolute atomic E-state index is 0.401. The molecule has 0 aliphatic carbocycles. The van der Waals surface area contributed by atoms with E-state index < -0.39 is 0 Å². The van der Waals surface area contributed by atoms with Gasteiger partial charge >= 0.3 is 0 Å². The van der Waals surface area contributed by atoms with Gasteiger partial charge in [-0.3, -0.25) is 4.98 Å². The largest absolute Gasteiger partial charge is 0.308 e. The lowest BCUT2D eigenvalue weighted by Gasteiger charge is -2.22. The van der Waals surface area contributed by atoms with Gasteiger partial charge in [0.25, 0.3) is 0 Å². The smallest absolute Gasteiger partial charge is 0.0346 e. The lowest BCUT2D eigenvalue weighted by Crippen LogP contribution is -2.28. The molecule has 0 bridgehead atoms. The Balaban J connectivity index is 2.37. The predicted molar refractivity (Wildman–Crippen MR) is 82.3 cm³/mol. The summed E-state index contributed by atoms with van der Waals surface area (Å²) in [6, 6.07) is 9.41. The number of rotatable bonds is 6. The van der Waals surface area contributed by atoms with Crippen molar-refractivity contribution in [1.82, 2.24) is 10.3 Å². The fourth-order valence-electron chi connectivity index (χ4n) is 2.56. The number of hydrogen-bond donors (Lipinski definition) is 1. The highest BCUT2D eigenvalue weighted by Crippen LogP contribution is 2.27. The molecule has 2 rings (SSSR count). The Hall–Kier alpha value is -1.41. The predicted octanol–water partition coefficient (Wildman–Crippen LogP) is 4.46. The molecule has 1 unspecified atom stereocenters. The van der Waals surface area contributed by atoms with Crippen LogP contribution in [0.5, 0.6) is 0 Å². The highest BCUT2D eigenvalue weighted by Gasteiger charge is 2.15. The molecule has 19 heavy (non-hydrogen) atoms. The maximum absolute atomic E-state index is 4.41. The summed E-state index contributed by atoms with van der Waals surface area (Å²) in [5, 5.41) is 6.24. The molecule has 1 N–H and O–H groups in total. The highest BCUT2D eigenvalue weighted by molar-refractivity contribution is 5.85. The molecular formula is C17H24N2. The monoisotopic (exact) mass is 256 g/mol. The van der Waals surface area contributed by atoms with Crippen LogP contribution in [0.1, 0.15) is 51.6 Å². The van der Waals surface area contributed by atoms with E-state index in [1.165, 1.54) is 35.6 Å². The van der Waals surface area contributed by atoms with Crippen LogP contribution >= 0.6 is 0 Å². The van der Waals surface area contributed by atoms with Gasteiger partial charge in [-0.05, 0) is 17.4 Å². The summed E-state index contributed by atoms with van der Waals surface area (Å²) in [7, 11) is 0. The molecule has 0 radical (unpaired) electrons. The van der Waals surface area contributed by atoms with Crippen LogP contribution in [0, 0.1) is 0 Å². The van der Waals surface area contributed by atoms with Crippen LogP contribution in [0.15, 0.2) is 36.7 Å². The number of pyridine rings is 1. The summed E-state index contributed by atoms with van der Waals surface area (Å²) in [5.74, 6) is 0. The molecule has 2 aromatic rings. The summed E-state index contributed by atoms with van der Waals surface area (Å²) < 4.78 is 0. The number of benzene rings is 1. The first kappa shape index (κ1) is 14.0. The second kappa shape index (κ2) is 6.67. The molecule has 1 aromatic heterocycles. The normalized spacial score (nSPS) is 13.1. The van der Waals surface area contributed by atoms with Gasteiger partial charge in [0.1, 0.15) is 0 Å². The summed E-state index contributed by atoms with van der Waals surface area (Å²) in [5.41, 5.74) is 1.33. The zero-order valence-corrected chi connectivity index (χ0v) is 12.2. The molecule has 1 aromatic carbocycles. The first-order chi connectivity index (χ1) is 9.22. The van der Waals surface area contributed by atoms with Crippen molar-refractivity contribution in [2.75, 3.05) is 0 Å². The fraction of sp³-hybridized carbons (Fsp3) is 0.471. The van der Waals surface area contributed by atoms with E-state index in [2.05, 4.69) is 55.3 Å². The lowest BCUT2D eigenvalue weighted by atomic mass is 9.97. The van der Waals surface area contributed by atoms with E-state index in [0.29, 0.717) is 12.1 Å². The van der Waals surface area contributed by atoms with Gasteiger partial charge in [-0.2, -0.15) is 0 Å². The molecule has 0 aliphatic rings. The van der Waals surface area contributed by atoms with E-state index in [0.717, 1.165) is 0 Å². The first-order valence-corrected chi connectivity index (χ1v) is 7.31. The van der Waals surface area contributed by atoms with Gasteiger partial charge in [-0.15, -0.1) is 0 Å².